The normalized spacial score (nSPS) is 49.2. The lowest BCUT2D eigenvalue weighted by atomic mass is 9.43. The summed E-state index contributed by atoms with van der Waals surface area (Å²) in [5.74, 6) is 1.13. The van der Waals surface area contributed by atoms with Gasteiger partial charge < -0.3 is 4.74 Å². The first-order valence-electron chi connectivity index (χ1n) is 7.12. The van der Waals surface area contributed by atoms with Gasteiger partial charge >= 0.3 is 0 Å². The van der Waals surface area contributed by atoms with Gasteiger partial charge in [0, 0.05) is 6.92 Å². The van der Waals surface area contributed by atoms with Crippen molar-refractivity contribution in [3.8, 4) is 0 Å². The summed E-state index contributed by atoms with van der Waals surface area (Å²) in [5.41, 5.74) is 0.752. The summed E-state index contributed by atoms with van der Waals surface area (Å²) in [6.45, 7) is 10.2. The number of ketones is 1. The van der Waals surface area contributed by atoms with Gasteiger partial charge in [-0.1, -0.05) is 20.4 Å². The Morgan fingerprint density at radius 3 is 2.11 bits per heavy atom. The smallest absolute Gasteiger partial charge is 0.193 e. The van der Waals surface area contributed by atoms with Crippen molar-refractivity contribution in [2.75, 3.05) is 0 Å². The van der Waals surface area contributed by atoms with E-state index in [9.17, 15) is 4.79 Å². The van der Waals surface area contributed by atoms with Crippen molar-refractivity contribution >= 4 is 5.78 Å². The van der Waals surface area contributed by atoms with E-state index < -0.39 is 0 Å². The van der Waals surface area contributed by atoms with Crippen molar-refractivity contribution in [3.63, 3.8) is 0 Å². The van der Waals surface area contributed by atoms with E-state index in [-0.39, 0.29) is 11.4 Å². The summed E-state index contributed by atoms with van der Waals surface area (Å²) >= 11 is 0. The van der Waals surface area contributed by atoms with E-state index in [4.69, 9.17) is 4.74 Å². The quantitative estimate of drug-likeness (QED) is 0.560. The fourth-order valence-electron chi connectivity index (χ4n) is 5.79. The monoisotopic (exact) mass is 248 g/mol. The maximum absolute atomic E-state index is 11.4. The van der Waals surface area contributed by atoms with Crippen molar-refractivity contribution in [2.45, 2.75) is 64.9 Å². The molecule has 0 aromatic heterocycles. The van der Waals surface area contributed by atoms with Gasteiger partial charge in [-0.15, -0.1) is 0 Å². The maximum atomic E-state index is 11.4. The zero-order valence-corrected chi connectivity index (χ0v) is 11.8. The van der Waals surface area contributed by atoms with E-state index >= 15 is 0 Å². The highest BCUT2D eigenvalue weighted by Gasteiger charge is 2.61. The van der Waals surface area contributed by atoms with Crippen LogP contribution in [0.3, 0.4) is 0 Å². The molecule has 2 atom stereocenters. The summed E-state index contributed by atoms with van der Waals surface area (Å²) < 4.78 is 6.10. The first-order valence-corrected chi connectivity index (χ1v) is 7.12. The number of rotatable bonds is 3. The molecule has 4 rings (SSSR count). The van der Waals surface area contributed by atoms with E-state index in [1.165, 1.54) is 19.3 Å². The Morgan fingerprint density at radius 2 is 1.67 bits per heavy atom. The molecule has 2 nitrogen and oxygen atoms in total. The van der Waals surface area contributed by atoms with E-state index in [1.807, 2.05) is 0 Å². The summed E-state index contributed by atoms with van der Waals surface area (Å²) in [6.07, 6.45) is 7.37. The van der Waals surface area contributed by atoms with Crippen LogP contribution < -0.4 is 0 Å². The van der Waals surface area contributed by atoms with Gasteiger partial charge in [0.1, 0.15) is 5.60 Å². The molecule has 2 unspecified atom stereocenters. The van der Waals surface area contributed by atoms with Crippen molar-refractivity contribution in [1.82, 2.24) is 0 Å². The van der Waals surface area contributed by atoms with Crippen LogP contribution >= 0.6 is 0 Å². The van der Waals surface area contributed by atoms with Crippen LogP contribution in [0.25, 0.3) is 0 Å². The molecule has 0 heterocycles. The minimum absolute atomic E-state index is 0.0268. The fourth-order valence-corrected chi connectivity index (χ4v) is 5.79. The first-order chi connectivity index (χ1) is 8.23. The Bertz CT molecular complexity index is 405. The number of carbonyl (C=O) groups excluding carboxylic acids is 1. The van der Waals surface area contributed by atoms with Crippen LogP contribution in [0.4, 0.5) is 0 Å². The number of hydrogen-bond donors (Lipinski definition) is 0. The summed E-state index contributed by atoms with van der Waals surface area (Å²) in [4.78, 5) is 11.4. The zero-order valence-electron chi connectivity index (χ0n) is 11.8. The molecule has 0 aromatic rings. The van der Waals surface area contributed by atoms with Gasteiger partial charge in [0.25, 0.3) is 0 Å². The van der Waals surface area contributed by atoms with Crippen molar-refractivity contribution in [3.05, 3.63) is 12.3 Å². The lowest BCUT2D eigenvalue weighted by molar-refractivity contribution is -0.199. The van der Waals surface area contributed by atoms with Gasteiger partial charge in [-0.2, -0.15) is 0 Å². The van der Waals surface area contributed by atoms with Crippen molar-refractivity contribution in [2.24, 2.45) is 16.7 Å². The van der Waals surface area contributed by atoms with Gasteiger partial charge in [0.05, 0.1) is 0 Å². The number of Topliss-reactive ketones (excluding diaryl/α,β-unsaturated/α-hetero) is 1. The molecule has 0 N–H and O–H groups in total. The Hall–Kier alpha value is -0.790. The second-order valence-electron chi connectivity index (χ2n) is 7.89. The number of allylic oxidation sites excluding steroid dienone is 1. The summed E-state index contributed by atoms with van der Waals surface area (Å²) in [6, 6.07) is 0. The molecular weight excluding hydrogens is 224 g/mol. The van der Waals surface area contributed by atoms with E-state index in [0.717, 1.165) is 25.2 Å². The van der Waals surface area contributed by atoms with Crippen molar-refractivity contribution in [1.29, 1.82) is 0 Å². The Labute approximate surface area is 110 Å². The van der Waals surface area contributed by atoms with Crippen LogP contribution in [0.1, 0.15) is 59.3 Å². The van der Waals surface area contributed by atoms with Crippen LogP contribution in [0.15, 0.2) is 12.3 Å². The second kappa shape index (κ2) is 3.40. The standard InChI is InChI=1S/C16H24O2/c1-11(17)12(2)18-16-7-13-5-14(3,9-16)8-15(4,6-13)10-16/h13H,2,5-10H2,1,3-4H3. The van der Waals surface area contributed by atoms with Crippen LogP contribution in [0, 0.1) is 16.7 Å². The van der Waals surface area contributed by atoms with Crippen LogP contribution in [-0.4, -0.2) is 11.4 Å². The lowest BCUT2D eigenvalue weighted by Crippen LogP contribution is -2.59. The van der Waals surface area contributed by atoms with Gasteiger partial charge in [0.2, 0.25) is 0 Å². The molecule has 0 radical (unpaired) electrons. The minimum Gasteiger partial charge on any atom is -0.484 e. The molecule has 4 saturated carbocycles. The second-order valence-corrected chi connectivity index (χ2v) is 7.89. The minimum atomic E-state index is -0.0916. The summed E-state index contributed by atoms with van der Waals surface area (Å²) in [5, 5.41) is 0. The number of hydrogen-bond acceptors (Lipinski definition) is 2. The molecule has 4 aliphatic rings. The largest absolute Gasteiger partial charge is 0.484 e. The molecular formula is C16H24O2. The molecule has 0 aliphatic heterocycles. The highest BCUT2D eigenvalue weighted by atomic mass is 16.5. The molecule has 0 saturated heterocycles. The Kier molecular flexibility index (Phi) is 2.31. The highest BCUT2D eigenvalue weighted by Crippen LogP contribution is 2.67. The molecule has 4 aliphatic carbocycles. The maximum Gasteiger partial charge on any atom is 0.193 e. The molecule has 18 heavy (non-hydrogen) atoms. The average molecular weight is 248 g/mol. The molecule has 100 valence electrons. The number of ether oxygens (including phenoxy) is 1. The highest BCUT2D eigenvalue weighted by molar-refractivity contribution is 5.90. The zero-order chi connectivity index (χ0) is 13.2. The molecule has 4 fully saturated rings. The molecule has 0 amide bonds. The first kappa shape index (κ1) is 12.3. The Morgan fingerprint density at radius 1 is 1.11 bits per heavy atom. The summed E-state index contributed by atoms with van der Waals surface area (Å²) in [7, 11) is 0. The van der Waals surface area contributed by atoms with E-state index in [2.05, 4.69) is 20.4 Å². The van der Waals surface area contributed by atoms with Gasteiger partial charge in [-0.25, -0.2) is 0 Å². The third kappa shape index (κ3) is 1.81. The molecule has 0 aromatic carbocycles. The van der Waals surface area contributed by atoms with Gasteiger partial charge in [-0.05, 0) is 55.3 Å². The number of carbonyl (C=O) groups is 1. The van der Waals surface area contributed by atoms with Crippen LogP contribution in [0.2, 0.25) is 0 Å². The predicted molar refractivity (Wildman–Crippen MR) is 71.0 cm³/mol. The molecule has 2 heteroatoms. The molecule has 0 spiro atoms. The predicted octanol–water partition coefficient (Wildman–Crippen LogP) is 3.85. The van der Waals surface area contributed by atoms with Gasteiger partial charge in [0.15, 0.2) is 11.5 Å². The lowest BCUT2D eigenvalue weighted by Gasteiger charge is -2.64. The topological polar surface area (TPSA) is 26.3 Å². The fraction of sp³-hybridized carbons (Fsp3) is 0.812. The van der Waals surface area contributed by atoms with Crippen LogP contribution in [0.5, 0.6) is 0 Å². The molecule has 4 bridgehead atoms. The van der Waals surface area contributed by atoms with E-state index in [0.29, 0.717) is 16.6 Å². The van der Waals surface area contributed by atoms with Crippen molar-refractivity contribution < 1.29 is 9.53 Å². The van der Waals surface area contributed by atoms with Gasteiger partial charge in [-0.3, -0.25) is 4.79 Å². The Balaban J connectivity index is 1.89. The third-order valence-corrected chi connectivity index (χ3v) is 5.31. The SMILES string of the molecule is C=C(OC12CC3CC(C)(CC(C)(C3)C1)C2)C(C)=O. The third-order valence-electron chi connectivity index (χ3n) is 5.31. The average Bonchev–Trinajstić information content (AvgIpc) is 2.09. The van der Waals surface area contributed by atoms with E-state index in [1.54, 1.807) is 6.92 Å². The van der Waals surface area contributed by atoms with Crippen LogP contribution in [-0.2, 0) is 9.53 Å².